The number of carbonyl (C=O) groups is 2. The van der Waals surface area contributed by atoms with E-state index in [0.29, 0.717) is 18.3 Å². The highest BCUT2D eigenvalue weighted by Crippen LogP contribution is 2.72. The number of aliphatic hydroxyl groups is 1. The third kappa shape index (κ3) is 1.75. The van der Waals surface area contributed by atoms with E-state index in [2.05, 4.69) is 19.9 Å². The lowest BCUT2D eigenvalue weighted by Crippen LogP contribution is -2.56. The molecule has 3 nitrogen and oxygen atoms in total. The van der Waals surface area contributed by atoms with Crippen molar-refractivity contribution in [3.05, 3.63) is 22.8 Å². The molecule has 4 heteroatoms. The number of hydrogen-bond acceptors (Lipinski definition) is 3. The summed E-state index contributed by atoms with van der Waals surface area (Å²) in [7, 11) is 0. The van der Waals surface area contributed by atoms with Gasteiger partial charge in [0.05, 0.1) is 0 Å². The monoisotopic (exact) mass is 374 g/mol. The van der Waals surface area contributed by atoms with Crippen LogP contribution in [0.3, 0.4) is 0 Å². The van der Waals surface area contributed by atoms with Gasteiger partial charge < -0.3 is 5.11 Å². The van der Waals surface area contributed by atoms with Crippen LogP contribution < -0.4 is 0 Å². The van der Waals surface area contributed by atoms with E-state index in [1.54, 1.807) is 0 Å². The van der Waals surface area contributed by atoms with Crippen molar-refractivity contribution >= 4 is 23.2 Å². The zero-order valence-electron chi connectivity index (χ0n) is 15.7. The molecule has 140 valence electrons. The highest BCUT2D eigenvalue weighted by Gasteiger charge is 2.69. The molecule has 0 heterocycles. The Hall–Kier alpha value is -0.930. The van der Waals surface area contributed by atoms with Crippen LogP contribution in [0.1, 0.15) is 52.9 Å². The molecule has 0 bridgehead atoms. The summed E-state index contributed by atoms with van der Waals surface area (Å²) in [4.78, 5) is 24.6. The highest BCUT2D eigenvalue weighted by molar-refractivity contribution is 6.32. The number of fused-ring (bicyclic) bond motifs is 7. The van der Waals surface area contributed by atoms with Crippen molar-refractivity contribution in [2.45, 2.75) is 58.5 Å². The summed E-state index contributed by atoms with van der Waals surface area (Å²) in [6.45, 7) is 5.97. The molecule has 5 aliphatic rings. The molecule has 8 atom stereocenters. The fraction of sp³-hybridized carbons (Fsp3) is 0.727. The van der Waals surface area contributed by atoms with Gasteiger partial charge in [0.25, 0.3) is 0 Å². The molecule has 0 aromatic heterocycles. The quantitative estimate of drug-likeness (QED) is 0.753. The zero-order chi connectivity index (χ0) is 18.6. The molecule has 0 saturated heterocycles. The van der Waals surface area contributed by atoms with Crippen LogP contribution in [0.15, 0.2) is 22.8 Å². The number of allylic oxidation sites excluding steroid dienone is 4. The molecule has 26 heavy (non-hydrogen) atoms. The van der Waals surface area contributed by atoms with Crippen LogP contribution in [0, 0.1) is 40.4 Å². The van der Waals surface area contributed by atoms with Gasteiger partial charge in [-0.3, -0.25) is 9.59 Å². The van der Waals surface area contributed by atoms with Gasteiger partial charge in [-0.15, -0.1) is 0 Å². The summed E-state index contributed by atoms with van der Waals surface area (Å²) in [5.74, 6) is 1.78. The number of ketones is 2. The van der Waals surface area contributed by atoms with Crippen molar-refractivity contribution in [1.82, 2.24) is 0 Å². The first-order valence-corrected chi connectivity index (χ1v) is 10.4. The van der Waals surface area contributed by atoms with E-state index in [1.165, 1.54) is 6.92 Å². The Kier molecular flexibility index (Phi) is 3.25. The van der Waals surface area contributed by atoms with Gasteiger partial charge in [-0.2, -0.15) is 0 Å². The molecule has 5 aliphatic carbocycles. The molecular weight excluding hydrogens is 348 g/mol. The third-order valence-corrected chi connectivity index (χ3v) is 9.56. The largest absolute Gasteiger partial charge is 0.382 e. The minimum Gasteiger partial charge on any atom is -0.382 e. The van der Waals surface area contributed by atoms with Crippen LogP contribution in [0.5, 0.6) is 0 Å². The summed E-state index contributed by atoms with van der Waals surface area (Å²) >= 11 is 6.73. The topological polar surface area (TPSA) is 54.4 Å². The van der Waals surface area contributed by atoms with Crippen molar-refractivity contribution in [2.75, 3.05) is 0 Å². The van der Waals surface area contributed by atoms with Crippen LogP contribution in [-0.4, -0.2) is 22.3 Å². The lowest BCUT2D eigenvalue weighted by atomic mass is 9.47. The van der Waals surface area contributed by atoms with E-state index in [4.69, 9.17) is 11.6 Å². The Morgan fingerprint density at radius 2 is 1.88 bits per heavy atom. The van der Waals surface area contributed by atoms with E-state index < -0.39 is 5.60 Å². The fourth-order valence-corrected chi connectivity index (χ4v) is 7.96. The minimum absolute atomic E-state index is 0.0344. The molecule has 1 N–H and O–H groups in total. The molecule has 0 radical (unpaired) electrons. The average molecular weight is 375 g/mol. The lowest BCUT2D eigenvalue weighted by molar-refractivity contribution is -0.157. The predicted molar refractivity (Wildman–Crippen MR) is 99.4 cm³/mol. The van der Waals surface area contributed by atoms with Crippen LogP contribution in [-0.2, 0) is 9.59 Å². The Morgan fingerprint density at radius 1 is 1.19 bits per heavy atom. The van der Waals surface area contributed by atoms with Gasteiger partial charge in [0.1, 0.15) is 5.60 Å². The van der Waals surface area contributed by atoms with Gasteiger partial charge in [-0.05, 0) is 74.3 Å². The number of halogens is 1. The van der Waals surface area contributed by atoms with Gasteiger partial charge in [-0.25, -0.2) is 0 Å². The highest BCUT2D eigenvalue weighted by atomic mass is 35.5. The molecule has 0 aromatic rings. The van der Waals surface area contributed by atoms with E-state index in [0.717, 1.165) is 36.3 Å². The zero-order valence-corrected chi connectivity index (χ0v) is 16.5. The smallest absolute Gasteiger partial charge is 0.161 e. The normalized spacial score (nSPS) is 54.3. The number of rotatable bonds is 1. The standard InChI is InChI=1S/C22H27ClO3/c1-11(24)22(26)7-5-14-12-9-18(23)17-10-19(25)13-8-16(13)21(17,3)15(12)4-6-20(14,22)2/h9-10,12-16,26H,4-8H2,1-3H3/t12-,13-,14-,15-,16+,20-,21-,22-/m0/s1. The Bertz CT molecular complexity index is 797. The molecule has 5 rings (SSSR count). The van der Waals surface area contributed by atoms with Gasteiger partial charge in [-0.1, -0.05) is 31.5 Å². The van der Waals surface area contributed by atoms with Gasteiger partial charge >= 0.3 is 0 Å². The van der Waals surface area contributed by atoms with Gasteiger partial charge in [0.2, 0.25) is 0 Å². The van der Waals surface area contributed by atoms with Crippen LogP contribution in [0.4, 0.5) is 0 Å². The summed E-state index contributed by atoms with van der Waals surface area (Å²) in [6, 6.07) is 0. The van der Waals surface area contributed by atoms with Crippen LogP contribution >= 0.6 is 11.6 Å². The second-order valence-electron chi connectivity index (χ2n) is 9.91. The average Bonchev–Trinajstić information content (AvgIpc) is 3.33. The van der Waals surface area contributed by atoms with E-state index in [9.17, 15) is 14.7 Å². The molecule has 3 fully saturated rings. The Morgan fingerprint density at radius 3 is 2.58 bits per heavy atom. The molecule has 0 aliphatic heterocycles. The van der Waals surface area contributed by atoms with E-state index >= 15 is 0 Å². The first kappa shape index (κ1) is 17.2. The van der Waals surface area contributed by atoms with E-state index in [1.807, 2.05) is 6.08 Å². The first-order chi connectivity index (χ1) is 12.1. The second kappa shape index (κ2) is 4.91. The first-order valence-electron chi connectivity index (χ1n) is 10.0. The van der Waals surface area contributed by atoms with E-state index in [-0.39, 0.29) is 40.2 Å². The Balaban J connectivity index is 1.62. The number of Topliss-reactive ketones (excluding diaryl/α,β-unsaturated/α-hetero) is 1. The van der Waals surface area contributed by atoms with Crippen molar-refractivity contribution < 1.29 is 14.7 Å². The lowest BCUT2D eigenvalue weighted by Gasteiger charge is -2.57. The van der Waals surface area contributed by atoms with Crippen LogP contribution in [0.2, 0.25) is 0 Å². The molecule has 0 amide bonds. The molecule has 0 spiro atoms. The van der Waals surface area contributed by atoms with Crippen molar-refractivity contribution in [3.8, 4) is 0 Å². The summed E-state index contributed by atoms with van der Waals surface area (Å²) < 4.78 is 0. The minimum atomic E-state index is -1.20. The SMILES string of the molecule is CC(=O)[C@@]1(O)CC[C@H]2[C@@H]3C=C(Cl)C4=CC(=O)[C@H]5C[C@H]5[C@]4(C)[C@H]3CC[C@@]21C. The second-order valence-corrected chi connectivity index (χ2v) is 10.3. The molecule has 0 unspecified atom stereocenters. The van der Waals surface area contributed by atoms with Crippen molar-refractivity contribution in [1.29, 1.82) is 0 Å². The van der Waals surface area contributed by atoms with Crippen molar-refractivity contribution in [3.63, 3.8) is 0 Å². The number of hydrogen-bond donors (Lipinski definition) is 1. The maximum absolute atomic E-state index is 12.3. The summed E-state index contributed by atoms with van der Waals surface area (Å²) in [5, 5.41) is 11.9. The van der Waals surface area contributed by atoms with Crippen molar-refractivity contribution in [2.24, 2.45) is 40.4 Å². The molecular formula is C22H27ClO3. The maximum Gasteiger partial charge on any atom is 0.161 e. The molecule has 0 aromatic carbocycles. The maximum atomic E-state index is 12.3. The van der Waals surface area contributed by atoms with Gasteiger partial charge in [0, 0.05) is 21.8 Å². The third-order valence-electron chi connectivity index (χ3n) is 9.23. The number of carbonyl (C=O) groups excluding carboxylic acids is 2. The van der Waals surface area contributed by atoms with Crippen LogP contribution in [0.25, 0.3) is 0 Å². The summed E-state index contributed by atoms with van der Waals surface area (Å²) in [6.07, 6.45) is 8.25. The van der Waals surface area contributed by atoms with Gasteiger partial charge in [0.15, 0.2) is 11.6 Å². The fourth-order valence-electron chi connectivity index (χ4n) is 7.56. The summed E-state index contributed by atoms with van der Waals surface area (Å²) in [5.41, 5.74) is -0.566. The molecule has 3 saturated carbocycles. The predicted octanol–water partition coefficient (Wildman–Crippen LogP) is 4.04. The Labute approximate surface area is 159 Å².